The molecule has 6 rings (SSSR count). The average Bonchev–Trinajstić information content (AvgIpc) is 3.42. The maximum atomic E-state index is 6.28. The van der Waals surface area contributed by atoms with Gasteiger partial charge in [-0.1, -0.05) is 84.4 Å². The van der Waals surface area contributed by atoms with E-state index in [1.807, 2.05) is 54.7 Å². The highest BCUT2D eigenvalue weighted by Crippen LogP contribution is 2.49. The summed E-state index contributed by atoms with van der Waals surface area (Å²) in [6.45, 7) is 0.410. The van der Waals surface area contributed by atoms with Gasteiger partial charge in [-0.3, -0.25) is 4.99 Å². The molecule has 3 nitrogen and oxygen atoms in total. The van der Waals surface area contributed by atoms with Gasteiger partial charge in [0.25, 0.3) is 0 Å². The lowest BCUT2D eigenvalue weighted by Gasteiger charge is -2.37. The van der Waals surface area contributed by atoms with Crippen LogP contribution in [0.3, 0.4) is 0 Å². The van der Waals surface area contributed by atoms with Crippen LogP contribution < -0.4 is 10.1 Å². The Morgan fingerprint density at radius 3 is 2.56 bits per heavy atom. The Labute approximate surface area is 217 Å². The number of fused-ring (bicyclic) bond motifs is 3. The molecule has 36 heavy (non-hydrogen) atoms. The molecule has 0 radical (unpaired) electrons. The first kappa shape index (κ1) is 22.6. The molecule has 4 aromatic carbocycles. The quantitative estimate of drug-likeness (QED) is 0.217. The van der Waals surface area contributed by atoms with Crippen molar-refractivity contribution in [2.75, 3.05) is 5.32 Å². The van der Waals surface area contributed by atoms with E-state index in [0.717, 1.165) is 29.0 Å². The lowest BCUT2D eigenvalue weighted by molar-refractivity contribution is 0.306. The summed E-state index contributed by atoms with van der Waals surface area (Å²) in [5.41, 5.74) is 6.75. The second kappa shape index (κ2) is 10.0. The first-order valence-electron chi connectivity index (χ1n) is 12.4. The first-order valence-corrected chi connectivity index (χ1v) is 12.8. The van der Waals surface area contributed by atoms with Crippen molar-refractivity contribution in [3.63, 3.8) is 0 Å². The Bertz CT molecular complexity index is 1430. The van der Waals surface area contributed by atoms with Gasteiger partial charge in [0, 0.05) is 34.0 Å². The lowest BCUT2D eigenvalue weighted by atomic mass is 9.77. The van der Waals surface area contributed by atoms with Gasteiger partial charge in [0.1, 0.15) is 12.4 Å². The molecule has 0 aromatic heterocycles. The zero-order valence-electron chi connectivity index (χ0n) is 19.8. The van der Waals surface area contributed by atoms with Crippen molar-refractivity contribution in [3.8, 4) is 5.75 Å². The van der Waals surface area contributed by atoms with E-state index in [-0.39, 0.29) is 6.04 Å². The molecular weight excluding hydrogens is 464 g/mol. The molecule has 0 unspecified atom stereocenters. The van der Waals surface area contributed by atoms with Crippen molar-refractivity contribution in [1.29, 1.82) is 0 Å². The van der Waals surface area contributed by atoms with Gasteiger partial charge in [0.2, 0.25) is 0 Å². The molecule has 1 aliphatic carbocycles. The van der Waals surface area contributed by atoms with Gasteiger partial charge in [0.15, 0.2) is 0 Å². The molecular formula is C32H27ClN2O. The van der Waals surface area contributed by atoms with Crippen LogP contribution in [-0.2, 0) is 6.61 Å². The zero-order valence-corrected chi connectivity index (χ0v) is 20.6. The minimum Gasteiger partial charge on any atom is -0.488 e. The smallest absolute Gasteiger partial charge is 0.128 e. The van der Waals surface area contributed by atoms with Crippen LogP contribution in [0.1, 0.15) is 40.6 Å². The second-order valence-corrected chi connectivity index (χ2v) is 9.74. The van der Waals surface area contributed by atoms with Gasteiger partial charge in [-0.05, 0) is 59.9 Å². The standard InChI is InChI=1S/C32H27ClN2O/c33-29-13-4-1-9-24(29)21-36-31-15-6-2-8-23(31)20-34-25-18-16-22(17-19-25)32-28-12-7-11-26(28)27-10-3-5-14-30(27)35-32/h1-11,13-20,26,28,32,35H,12,21H2/t26-,28-,32-/m0/s1. The fraction of sp³-hybridized carbons (Fsp3) is 0.156. The zero-order chi connectivity index (χ0) is 24.3. The van der Waals surface area contributed by atoms with Crippen LogP contribution in [-0.4, -0.2) is 6.21 Å². The number of hydrogen-bond acceptors (Lipinski definition) is 3. The largest absolute Gasteiger partial charge is 0.488 e. The number of aliphatic imine (C=N–C) groups is 1. The Balaban J connectivity index is 1.18. The average molecular weight is 491 g/mol. The number of anilines is 1. The summed E-state index contributed by atoms with van der Waals surface area (Å²) in [4.78, 5) is 4.73. The third kappa shape index (κ3) is 4.55. The van der Waals surface area contributed by atoms with Crippen molar-refractivity contribution in [3.05, 3.63) is 136 Å². The van der Waals surface area contributed by atoms with Gasteiger partial charge < -0.3 is 10.1 Å². The number of para-hydroxylation sites is 2. The van der Waals surface area contributed by atoms with Crippen molar-refractivity contribution < 1.29 is 4.74 Å². The summed E-state index contributed by atoms with van der Waals surface area (Å²) in [6.07, 6.45) is 7.67. The predicted octanol–water partition coefficient (Wildman–Crippen LogP) is 8.50. The number of benzene rings is 4. The molecule has 2 aliphatic rings. The fourth-order valence-electron chi connectivity index (χ4n) is 5.27. The third-order valence-corrected chi connectivity index (χ3v) is 7.51. The molecule has 0 saturated heterocycles. The maximum absolute atomic E-state index is 6.28. The van der Waals surface area contributed by atoms with E-state index in [1.165, 1.54) is 16.8 Å². The van der Waals surface area contributed by atoms with Crippen LogP contribution in [0.2, 0.25) is 5.02 Å². The van der Waals surface area contributed by atoms with Crippen LogP contribution in [0, 0.1) is 5.92 Å². The Morgan fingerprint density at radius 2 is 1.67 bits per heavy atom. The minimum atomic E-state index is 0.289. The van der Waals surface area contributed by atoms with Gasteiger partial charge in [-0.15, -0.1) is 0 Å². The number of rotatable bonds is 6. The van der Waals surface area contributed by atoms with Crippen LogP contribution in [0.4, 0.5) is 11.4 Å². The highest BCUT2D eigenvalue weighted by molar-refractivity contribution is 6.31. The van der Waals surface area contributed by atoms with Gasteiger partial charge >= 0.3 is 0 Å². The molecule has 0 bridgehead atoms. The topological polar surface area (TPSA) is 33.6 Å². The maximum Gasteiger partial charge on any atom is 0.128 e. The molecule has 0 saturated carbocycles. The molecule has 0 amide bonds. The SMILES string of the molecule is Clc1ccccc1COc1ccccc1C=Nc1ccc([C@@H]2Nc3ccccc3[C@@H]3C=CC[C@@H]32)cc1. The van der Waals surface area contributed by atoms with Crippen LogP contribution >= 0.6 is 11.6 Å². The molecule has 4 aromatic rings. The number of ether oxygens (including phenoxy) is 1. The minimum absolute atomic E-state index is 0.289. The van der Waals surface area contributed by atoms with Crippen LogP contribution in [0.15, 0.2) is 114 Å². The van der Waals surface area contributed by atoms with E-state index in [2.05, 4.69) is 66.0 Å². The summed E-state index contributed by atoms with van der Waals surface area (Å²) in [5, 5.41) is 4.50. The van der Waals surface area contributed by atoms with E-state index in [1.54, 1.807) is 0 Å². The molecule has 1 heterocycles. The molecule has 178 valence electrons. The number of halogens is 1. The molecule has 1 aliphatic heterocycles. The summed E-state index contributed by atoms with van der Waals surface area (Å²) in [6, 6.07) is 33.2. The highest BCUT2D eigenvalue weighted by atomic mass is 35.5. The lowest BCUT2D eigenvalue weighted by Crippen LogP contribution is -2.28. The second-order valence-electron chi connectivity index (χ2n) is 9.33. The normalized spacial score (nSPS) is 20.1. The summed E-state index contributed by atoms with van der Waals surface area (Å²) in [5.74, 6) is 1.80. The monoisotopic (exact) mass is 490 g/mol. The molecule has 0 spiro atoms. The Hall–Kier alpha value is -3.82. The number of hydrogen-bond donors (Lipinski definition) is 1. The Morgan fingerprint density at radius 1 is 0.889 bits per heavy atom. The van der Waals surface area contributed by atoms with E-state index in [0.29, 0.717) is 23.5 Å². The van der Waals surface area contributed by atoms with E-state index in [4.69, 9.17) is 21.3 Å². The molecule has 3 atom stereocenters. The molecule has 4 heteroatoms. The number of nitrogens with one attached hydrogen (secondary N) is 1. The van der Waals surface area contributed by atoms with Crippen molar-refractivity contribution in [2.24, 2.45) is 10.9 Å². The number of allylic oxidation sites excluding steroid dienone is 2. The van der Waals surface area contributed by atoms with E-state index < -0.39 is 0 Å². The van der Waals surface area contributed by atoms with Gasteiger partial charge in [-0.2, -0.15) is 0 Å². The van der Waals surface area contributed by atoms with Gasteiger partial charge in [-0.25, -0.2) is 0 Å². The van der Waals surface area contributed by atoms with E-state index in [9.17, 15) is 0 Å². The third-order valence-electron chi connectivity index (χ3n) is 7.14. The van der Waals surface area contributed by atoms with Crippen molar-refractivity contribution in [2.45, 2.75) is 25.0 Å². The summed E-state index contributed by atoms with van der Waals surface area (Å²) in [7, 11) is 0. The van der Waals surface area contributed by atoms with Crippen LogP contribution in [0.5, 0.6) is 5.75 Å². The predicted molar refractivity (Wildman–Crippen MR) is 149 cm³/mol. The van der Waals surface area contributed by atoms with Gasteiger partial charge in [0.05, 0.1) is 11.7 Å². The summed E-state index contributed by atoms with van der Waals surface area (Å²) >= 11 is 6.28. The Kier molecular flexibility index (Phi) is 6.31. The fourth-order valence-corrected chi connectivity index (χ4v) is 5.47. The molecule has 0 fully saturated rings. The highest BCUT2D eigenvalue weighted by Gasteiger charge is 2.37. The van der Waals surface area contributed by atoms with Crippen LogP contribution in [0.25, 0.3) is 0 Å². The molecule has 1 N–H and O–H groups in total. The number of nitrogens with zero attached hydrogens (tertiary/aromatic N) is 1. The van der Waals surface area contributed by atoms with Crippen molar-refractivity contribution >= 4 is 29.2 Å². The van der Waals surface area contributed by atoms with E-state index >= 15 is 0 Å². The summed E-state index contributed by atoms with van der Waals surface area (Å²) < 4.78 is 6.07. The first-order chi connectivity index (χ1) is 17.8. The van der Waals surface area contributed by atoms with Crippen molar-refractivity contribution in [1.82, 2.24) is 0 Å².